The van der Waals surface area contributed by atoms with Gasteiger partial charge in [-0.2, -0.15) is 0 Å². The fourth-order valence-electron chi connectivity index (χ4n) is 2.94. The fourth-order valence-corrected chi connectivity index (χ4v) is 4.47. The molecule has 31 heavy (non-hydrogen) atoms. The van der Waals surface area contributed by atoms with Crippen LogP contribution in [0.5, 0.6) is 0 Å². The van der Waals surface area contributed by atoms with Gasteiger partial charge in [0.05, 0.1) is 12.9 Å². The topological polar surface area (TPSA) is 217 Å². The quantitative estimate of drug-likeness (QED) is 0.214. The second-order valence-electron chi connectivity index (χ2n) is 6.07. The van der Waals surface area contributed by atoms with Crippen molar-refractivity contribution in [1.82, 2.24) is 23.9 Å². The van der Waals surface area contributed by atoms with Gasteiger partial charge in [0.1, 0.15) is 24.6 Å². The van der Waals surface area contributed by atoms with E-state index < -0.39 is 46.8 Å². The maximum atomic E-state index is 11.4. The van der Waals surface area contributed by atoms with E-state index in [1.165, 1.54) is 17.2 Å². The molecule has 3 aromatic rings. The van der Waals surface area contributed by atoms with E-state index in [-0.39, 0.29) is 64.8 Å². The van der Waals surface area contributed by atoms with E-state index in [1.54, 1.807) is 16.8 Å². The minimum Gasteiger partial charge on any atom is -0.756 e. The summed E-state index contributed by atoms with van der Waals surface area (Å²) in [5, 5.41) is 20.5. The van der Waals surface area contributed by atoms with Crippen molar-refractivity contribution in [2.24, 2.45) is 0 Å². The molecule has 0 radical (unpaired) electrons. The van der Waals surface area contributed by atoms with Crippen molar-refractivity contribution in [3.63, 3.8) is 0 Å². The monoisotopic (exact) mass is 495 g/mol. The van der Waals surface area contributed by atoms with Crippen LogP contribution in [0, 0.1) is 0 Å². The summed E-state index contributed by atoms with van der Waals surface area (Å²) in [6.07, 6.45) is 0.274. The smallest absolute Gasteiger partial charge is 0.756 e. The largest absolute Gasteiger partial charge is 1.00 e. The number of hydrogen-bond donors (Lipinski definition) is 3. The third-order valence-electron chi connectivity index (χ3n) is 4.16. The van der Waals surface area contributed by atoms with E-state index in [2.05, 4.69) is 23.8 Å². The molecule has 0 amide bonds. The third-order valence-corrected chi connectivity index (χ3v) is 6.25. The van der Waals surface area contributed by atoms with Gasteiger partial charge in [-0.25, -0.2) is 19.3 Å². The Morgan fingerprint density at radius 3 is 2.48 bits per heavy atom. The molecular weight excluding hydrogens is 482 g/mol. The molecule has 1 aliphatic rings. The maximum Gasteiger partial charge on any atom is 1.00 e. The number of phosphoric ester groups is 1. The van der Waals surface area contributed by atoms with Gasteiger partial charge in [-0.15, -0.1) is 0 Å². The van der Waals surface area contributed by atoms with Gasteiger partial charge >= 0.3 is 59.1 Å². The minimum atomic E-state index is -5.60. The van der Waals surface area contributed by atoms with Gasteiger partial charge in [-0.3, -0.25) is 18.1 Å². The average Bonchev–Trinajstić information content (AvgIpc) is 3.29. The van der Waals surface area contributed by atoms with Crippen molar-refractivity contribution in [2.75, 3.05) is 6.61 Å². The molecule has 0 aliphatic carbocycles. The van der Waals surface area contributed by atoms with Crippen LogP contribution in [-0.2, 0) is 22.7 Å². The van der Waals surface area contributed by atoms with Gasteiger partial charge in [-0.05, 0) is 0 Å². The van der Waals surface area contributed by atoms with E-state index in [0.717, 1.165) is 0 Å². The van der Waals surface area contributed by atoms with Gasteiger partial charge in [-0.1, -0.05) is 0 Å². The SMILES string of the molecule is O=P([O-])(O)OP(=O)([O-])OC[C@H]1O[C@@H](n2cnc3c2ncn2ccnc32)[C@H](O)[C@@H]1O.[Na+].[Na+]. The number of aliphatic hydroxyl groups excluding tert-OH is 2. The first-order valence-electron chi connectivity index (χ1n) is 7.92. The first kappa shape index (κ1) is 27.5. The number of fused-ring (bicyclic) bond motifs is 3. The Morgan fingerprint density at radius 2 is 1.81 bits per heavy atom. The molecule has 4 rings (SSSR count). The minimum absolute atomic E-state index is 0. The summed E-state index contributed by atoms with van der Waals surface area (Å²) < 4.78 is 38.1. The van der Waals surface area contributed by atoms with Crippen molar-refractivity contribution >= 4 is 32.5 Å². The summed E-state index contributed by atoms with van der Waals surface area (Å²) in [4.78, 5) is 42.9. The number of aromatic nitrogens is 5. The number of rotatable bonds is 6. The summed E-state index contributed by atoms with van der Waals surface area (Å²) in [5.74, 6) is 0. The molecule has 6 atom stereocenters. The molecule has 1 aliphatic heterocycles. The number of aliphatic hydroxyl groups is 2. The predicted molar refractivity (Wildman–Crippen MR) is 86.7 cm³/mol. The van der Waals surface area contributed by atoms with Crippen LogP contribution in [-0.4, -0.2) is 63.9 Å². The zero-order valence-electron chi connectivity index (χ0n) is 16.2. The van der Waals surface area contributed by atoms with E-state index in [9.17, 15) is 29.1 Å². The number of nitrogens with zero attached hydrogens (tertiary/aromatic N) is 5. The zero-order chi connectivity index (χ0) is 21.0. The maximum absolute atomic E-state index is 11.4. The van der Waals surface area contributed by atoms with Crippen LogP contribution in [0.4, 0.5) is 0 Å². The van der Waals surface area contributed by atoms with Crippen LogP contribution < -0.4 is 68.9 Å². The van der Waals surface area contributed by atoms with Gasteiger partial charge < -0.3 is 34.2 Å². The van der Waals surface area contributed by atoms with Crippen molar-refractivity contribution < 1.29 is 107 Å². The van der Waals surface area contributed by atoms with Crippen molar-refractivity contribution in [3.8, 4) is 0 Å². The van der Waals surface area contributed by atoms with E-state index >= 15 is 0 Å². The van der Waals surface area contributed by atoms with Crippen LogP contribution >= 0.6 is 15.6 Å². The number of phosphoric acid groups is 2. The molecule has 1 saturated heterocycles. The summed E-state index contributed by atoms with van der Waals surface area (Å²) in [5.41, 5.74) is 1.18. The molecule has 4 heterocycles. The van der Waals surface area contributed by atoms with Gasteiger partial charge in [0.25, 0.3) is 15.6 Å². The van der Waals surface area contributed by atoms with Crippen molar-refractivity contribution in [3.05, 3.63) is 25.0 Å². The molecule has 2 unspecified atom stereocenters. The summed E-state index contributed by atoms with van der Waals surface area (Å²) in [6, 6.07) is 0. The Bertz CT molecular complexity index is 1150. The number of imidazole rings is 2. The van der Waals surface area contributed by atoms with Crippen molar-refractivity contribution in [2.45, 2.75) is 24.5 Å². The Kier molecular flexibility index (Phi) is 9.07. The van der Waals surface area contributed by atoms with Crippen LogP contribution in [0.15, 0.2) is 25.0 Å². The molecule has 3 aromatic heterocycles. The zero-order valence-corrected chi connectivity index (χ0v) is 21.9. The first-order chi connectivity index (χ1) is 13.6. The average molecular weight is 495 g/mol. The summed E-state index contributed by atoms with van der Waals surface area (Å²) in [7, 11) is -11.0. The summed E-state index contributed by atoms with van der Waals surface area (Å²) in [6.45, 7) is -0.889. The van der Waals surface area contributed by atoms with Crippen LogP contribution in [0.2, 0.25) is 0 Å². The normalized spacial score (nSPS) is 27.4. The van der Waals surface area contributed by atoms with Crippen LogP contribution in [0.3, 0.4) is 0 Å². The number of hydrogen-bond acceptors (Lipinski definition) is 12. The molecule has 158 valence electrons. The standard InChI is InChI=1S/C12H15N5O10P2.2Na/c18-8-6(3-25-29(23,24)27-28(20,21)22)26-12(9(8)19)17-5-14-7-10-13-1-2-16(10)4-15-11(7)17;;/h1-2,4-6,8-9,12,18-19H,3H2,(H,23,24)(H2,20,21,22);;/q;2*+1/p-2/t6-,8-,9-,12-;;/m1../s1. The molecule has 0 bridgehead atoms. The van der Waals surface area contributed by atoms with E-state index in [4.69, 9.17) is 9.63 Å². The Morgan fingerprint density at radius 1 is 1.10 bits per heavy atom. The van der Waals surface area contributed by atoms with Crippen LogP contribution in [0.25, 0.3) is 16.8 Å². The molecule has 15 nitrogen and oxygen atoms in total. The Labute approximate surface area is 217 Å². The summed E-state index contributed by atoms with van der Waals surface area (Å²) >= 11 is 0. The van der Waals surface area contributed by atoms with Crippen molar-refractivity contribution in [1.29, 1.82) is 0 Å². The molecule has 3 N–H and O–H groups in total. The predicted octanol–water partition coefficient (Wildman–Crippen LogP) is -8.33. The molecule has 1 fully saturated rings. The van der Waals surface area contributed by atoms with Crippen LogP contribution in [0.1, 0.15) is 6.23 Å². The third kappa shape index (κ3) is 5.84. The molecule has 0 aromatic carbocycles. The van der Waals surface area contributed by atoms with E-state index in [0.29, 0.717) is 11.2 Å². The second-order valence-corrected chi connectivity index (χ2v) is 8.81. The molecule has 19 heteroatoms. The molecule has 0 spiro atoms. The van der Waals surface area contributed by atoms with Gasteiger partial charge in [0.15, 0.2) is 23.0 Å². The van der Waals surface area contributed by atoms with E-state index in [1.807, 2.05) is 0 Å². The Balaban J connectivity index is 0.00000171. The molecular formula is C12H13N5Na2O10P2. The molecule has 0 saturated carbocycles. The second kappa shape index (κ2) is 10.2. The van der Waals surface area contributed by atoms with Gasteiger partial charge in [0.2, 0.25) is 0 Å². The first-order valence-corrected chi connectivity index (χ1v) is 10.9. The van der Waals surface area contributed by atoms with Gasteiger partial charge in [0, 0.05) is 12.4 Å². The fraction of sp³-hybridized carbons (Fsp3) is 0.417. The number of ether oxygens (including phenoxy) is 1. The Hall–Kier alpha value is 0.230.